The number of amides is 1. The number of rotatable bonds is 5. The summed E-state index contributed by atoms with van der Waals surface area (Å²) >= 11 is 5.57. The van der Waals surface area contributed by atoms with Crippen LogP contribution in [-0.2, 0) is 0 Å². The summed E-state index contributed by atoms with van der Waals surface area (Å²) in [5.74, 6) is -0.312. The zero-order chi connectivity index (χ0) is 22.1. The van der Waals surface area contributed by atoms with E-state index in [0.29, 0.717) is 17.1 Å². The molecule has 156 valence electrons. The van der Waals surface area contributed by atoms with E-state index in [0.717, 1.165) is 24.6 Å². The highest BCUT2D eigenvalue weighted by molar-refractivity contribution is 14.1. The summed E-state index contributed by atoms with van der Waals surface area (Å²) in [6, 6.07) is 13.7. The second-order valence-electron chi connectivity index (χ2n) is 6.65. The van der Waals surface area contributed by atoms with Gasteiger partial charge in [0.05, 0.1) is 15.3 Å². The Hall–Kier alpha value is -2.92. The molecule has 0 saturated carbocycles. The molecule has 2 aromatic carbocycles. The van der Waals surface area contributed by atoms with Crippen LogP contribution in [-0.4, -0.2) is 23.2 Å². The Morgan fingerprint density at radius 1 is 1.13 bits per heavy atom. The van der Waals surface area contributed by atoms with Gasteiger partial charge in [0, 0.05) is 15.4 Å². The van der Waals surface area contributed by atoms with E-state index >= 15 is 0 Å². The third kappa shape index (κ3) is 4.57. The number of furan rings is 2. The van der Waals surface area contributed by atoms with Gasteiger partial charge in [-0.1, -0.05) is 22.0 Å². The van der Waals surface area contributed by atoms with Crippen LogP contribution in [0.2, 0.25) is 0 Å². The lowest BCUT2D eigenvalue weighted by Gasteiger charge is -2.03. The minimum atomic E-state index is -0.982. The average molecular weight is 593 g/mol. The summed E-state index contributed by atoms with van der Waals surface area (Å²) in [7, 11) is 0. The number of carbonyl (C=O) groups excluding carboxylic acids is 1. The second-order valence-corrected chi connectivity index (χ2v) is 8.73. The molecule has 0 aliphatic rings. The van der Waals surface area contributed by atoms with Crippen molar-refractivity contribution < 1.29 is 23.5 Å². The number of nitrogens with zero attached hydrogens (tertiary/aromatic N) is 1. The first-order valence-corrected chi connectivity index (χ1v) is 10.8. The number of fused-ring (bicyclic) bond motifs is 1. The van der Waals surface area contributed by atoms with Crippen molar-refractivity contribution in [3.05, 3.63) is 79.2 Å². The predicted octanol–water partition coefficient (Wildman–Crippen LogP) is 5.83. The highest BCUT2D eigenvalue weighted by atomic mass is 127. The number of aromatic carboxylic acids is 1. The van der Waals surface area contributed by atoms with Crippen LogP contribution in [0.25, 0.3) is 22.3 Å². The van der Waals surface area contributed by atoms with Crippen LogP contribution in [0, 0.1) is 10.5 Å². The highest BCUT2D eigenvalue weighted by Gasteiger charge is 2.14. The molecule has 0 aliphatic heterocycles. The Kier molecular flexibility index (Phi) is 5.96. The maximum atomic E-state index is 12.3. The minimum Gasteiger partial charge on any atom is -0.478 e. The van der Waals surface area contributed by atoms with Crippen molar-refractivity contribution in [2.24, 2.45) is 5.10 Å². The van der Waals surface area contributed by atoms with E-state index in [1.54, 1.807) is 30.3 Å². The summed E-state index contributed by atoms with van der Waals surface area (Å²) in [5, 5.41) is 13.8. The maximum Gasteiger partial charge on any atom is 0.335 e. The number of hydrazone groups is 1. The first-order valence-electron chi connectivity index (χ1n) is 8.98. The number of carboxylic acid groups (broad SMARTS) is 1. The molecule has 0 aliphatic carbocycles. The molecule has 0 fully saturated rings. The highest BCUT2D eigenvalue weighted by Crippen LogP contribution is 2.29. The standard InChI is InChI=1S/C22H14BrIN2O5/c1-11-6-12(22(28)29)2-4-16(11)18-5-3-15(30-18)10-25-26-21(27)19-8-13-7-14(23)9-17(24)20(13)31-19/h2-10H,1H3,(H,26,27)(H,28,29)/b25-10-. The Morgan fingerprint density at radius 3 is 2.68 bits per heavy atom. The molecule has 2 aromatic heterocycles. The Morgan fingerprint density at radius 2 is 1.94 bits per heavy atom. The van der Waals surface area contributed by atoms with Crippen molar-refractivity contribution in [1.29, 1.82) is 0 Å². The lowest BCUT2D eigenvalue weighted by molar-refractivity contribution is 0.0696. The molecule has 4 rings (SSSR count). The van der Waals surface area contributed by atoms with Crippen LogP contribution in [0.5, 0.6) is 0 Å². The first-order chi connectivity index (χ1) is 14.8. The van der Waals surface area contributed by atoms with E-state index in [-0.39, 0.29) is 11.3 Å². The van der Waals surface area contributed by atoms with Gasteiger partial charge >= 0.3 is 11.9 Å². The van der Waals surface area contributed by atoms with Gasteiger partial charge in [0.25, 0.3) is 0 Å². The van der Waals surface area contributed by atoms with E-state index in [1.807, 2.05) is 19.1 Å². The molecule has 9 heteroatoms. The zero-order valence-electron chi connectivity index (χ0n) is 16.0. The molecule has 0 bridgehead atoms. The number of nitrogens with one attached hydrogen (secondary N) is 1. The molecule has 0 spiro atoms. The molecular formula is C22H14BrIN2O5. The predicted molar refractivity (Wildman–Crippen MR) is 128 cm³/mol. The normalized spacial score (nSPS) is 11.3. The number of benzene rings is 2. The molecule has 2 heterocycles. The van der Waals surface area contributed by atoms with Crippen molar-refractivity contribution in [3.8, 4) is 11.3 Å². The van der Waals surface area contributed by atoms with Crippen LogP contribution < -0.4 is 5.43 Å². The number of carboxylic acids is 1. The molecular weight excluding hydrogens is 579 g/mol. The SMILES string of the molecule is Cc1cc(C(=O)O)ccc1-c1ccc(/C=N\NC(=O)c2cc3cc(Br)cc(I)c3o2)o1. The van der Waals surface area contributed by atoms with E-state index in [4.69, 9.17) is 13.9 Å². The lowest BCUT2D eigenvalue weighted by Crippen LogP contribution is -2.16. The number of aryl methyl sites for hydroxylation is 1. The van der Waals surface area contributed by atoms with Crippen molar-refractivity contribution in [1.82, 2.24) is 5.43 Å². The fraction of sp³-hybridized carbons (Fsp3) is 0.0455. The Labute approximate surface area is 198 Å². The molecule has 4 aromatic rings. The zero-order valence-corrected chi connectivity index (χ0v) is 19.7. The lowest BCUT2D eigenvalue weighted by atomic mass is 10.0. The number of halogens is 2. The Balaban J connectivity index is 1.47. The van der Waals surface area contributed by atoms with Crippen molar-refractivity contribution in [2.45, 2.75) is 6.92 Å². The van der Waals surface area contributed by atoms with Crippen LogP contribution in [0.4, 0.5) is 0 Å². The third-order valence-electron chi connectivity index (χ3n) is 4.48. The quantitative estimate of drug-likeness (QED) is 0.172. The molecule has 7 nitrogen and oxygen atoms in total. The molecule has 31 heavy (non-hydrogen) atoms. The van der Waals surface area contributed by atoms with Gasteiger partial charge in [0.1, 0.15) is 17.1 Å². The monoisotopic (exact) mass is 592 g/mol. The van der Waals surface area contributed by atoms with E-state index in [2.05, 4.69) is 49.0 Å². The van der Waals surface area contributed by atoms with Crippen molar-refractivity contribution in [3.63, 3.8) is 0 Å². The van der Waals surface area contributed by atoms with Crippen molar-refractivity contribution >= 4 is 67.6 Å². The summed E-state index contributed by atoms with van der Waals surface area (Å²) in [6.07, 6.45) is 1.38. The summed E-state index contributed by atoms with van der Waals surface area (Å²) < 4.78 is 13.2. The Bertz CT molecular complexity index is 1360. The van der Waals surface area contributed by atoms with Gasteiger partial charge in [-0.15, -0.1) is 0 Å². The largest absolute Gasteiger partial charge is 0.478 e. The smallest absolute Gasteiger partial charge is 0.335 e. The molecule has 0 saturated heterocycles. The van der Waals surface area contributed by atoms with Gasteiger partial charge in [0.15, 0.2) is 5.76 Å². The molecule has 0 radical (unpaired) electrons. The summed E-state index contributed by atoms with van der Waals surface area (Å²) in [4.78, 5) is 23.4. The molecule has 2 N–H and O–H groups in total. The summed E-state index contributed by atoms with van der Waals surface area (Å²) in [5.41, 5.74) is 4.82. The fourth-order valence-electron chi connectivity index (χ4n) is 3.04. The third-order valence-corrected chi connectivity index (χ3v) is 5.74. The van der Waals surface area contributed by atoms with E-state index in [9.17, 15) is 9.59 Å². The van der Waals surface area contributed by atoms with Crippen LogP contribution in [0.3, 0.4) is 0 Å². The van der Waals surface area contributed by atoms with Gasteiger partial charge in [-0.2, -0.15) is 5.10 Å². The minimum absolute atomic E-state index is 0.150. The van der Waals surface area contributed by atoms with Crippen LogP contribution >= 0.6 is 38.5 Å². The number of hydrogen-bond donors (Lipinski definition) is 2. The second kappa shape index (κ2) is 8.67. The average Bonchev–Trinajstić information content (AvgIpc) is 3.35. The molecule has 0 unspecified atom stereocenters. The van der Waals surface area contributed by atoms with Gasteiger partial charge in [-0.3, -0.25) is 4.79 Å². The molecule has 0 atom stereocenters. The number of hydrogen-bond acceptors (Lipinski definition) is 5. The summed E-state index contributed by atoms with van der Waals surface area (Å²) in [6.45, 7) is 1.81. The van der Waals surface area contributed by atoms with E-state index in [1.165, 1.54) is 12.3 Å². The van der Waals surface area contributed by atoms with Gasteiger partial charge in [0.2, 0.25) is 0 Å². The van der Waals surface area contributed by atoms with Gasteiger partial charge in [-0.05, 0) is 77.5 Å². The van der Waals surface area contributed by atoms with Crippen LogP contribution in [0.1, 0.15) is 32.2 Å². The molecule has 1 amide bonds. The maximum absolute atomic E-state index is 12.3. The van der Waals surface area contributed by atoms with Crippen LogP contribution in [0.15, 0.2) is 66.9 Å². The first kappa shape index (κ1) is 21.3. The van der Waals surface area contributed by atoms with Crippen molar-refractivity contribution in [2.75, 3.05) is 0 Å². The number of carbonyl (C=O) groups is 2. The van der Waals surface area contributed by atoms with E-state index < -0.39 is 11.9 Å². The fourth-order valence-corrected chi connectivity index (χ4v) is 4.70. The topological polar surface area (TPSA) is 105 Å². The van der Waals surface area contributed by atoms with Gasteiger partial charge < -0.3 is 13.9 Å². The van der Waals surface area contributed by atoms with Gasteiger partial charge in [-0.25, -0.2) is 10.2 Å².